The molecule has 10 nitrogen and oxygen atoms in total. The van der Waals surface area contributed by atoms with Crippen molar-refractivity contribution in [1.29, 1.82) is 0 Å². The van der Waals surface area contributed by atoms with Gasteiger partial charge in [-0.3, -0.25) is 4.57 Å². The van der Waals surface area contributed by atoms with E-state index in [1.54, 1.807) is 4.57 Å². The van der Waals surface area contributed by atoms with Gasteiger partial charge in [0.15, 0.2) is 11.9 Å². The van der Waals surface area contributed by atoms with Crippen molar-refractivity contribution in [2.24, 2.45) is 0 Å². The molecule has 5 rings (SSSR count). The number of hydrogen-bond acceptors (Lipinski definition) is 8. The van der Waals surface area contributed by atoms with E-state index in [1.165, 1.54) is 0 Å². The van der Waals surface area contributed by atoms with Crippen molar-refractivity contribution in [3.8, 4) is 22.9 Å². The molecule has 0 spiro atoms. The summed E-state index contributed by atoms with van der Waals surface area (Å²) in [5, 5.41) is 14.1. The van der Waals surface area contributed by atoms with E-state index in [0.717, 1.165) is 61.3 Å². The number of hydrogen-bond donors (Lipinski definition) is 1. The van der Waals surface area contributed by atoms with Gasteiger partial charge >= 0.3 is 5.69 Å². The van der Waals surface area contributed by atoms with Crippen molar-refractivity contribution in [2.45, 2.75) is 57.8 Å². The Kier molecular flexibility index (Phi) is 5.85. The lowest BCUT2D eigenvalue weighted by Crippen LogP contribution is -2.29. The van der Waals surface area contributed by atoms with E-state index in [1.807, 2.05) is 24.3 Å². The average molecular weight is 438 g/mol. The number of tetrazole rings is 1. The largest absolute Gasteiger partial charge is 0.482 e. The Hall–Kier alpha value is -3.27. The fourth-order valence-electron chi connectivity index (χ4n) is 4.27. The first-order valence-electron chi connectivity index (χ1n) is 11.1. The van der Waals surface area contributed by atoms with Crippen molar-refractivity contribution in [3.05, 3.63) is 46.1 Å². The number of nitrogens with one attached hydrogen (secondary N) is 1. The van der Waals surface area contributed by atoms with E-state index < -0.39 is 0 Å². The van der Waals surface area contributed by atoms with E-state index in [0.29, 0.717) is 24.9 Å². The standard InChI is InChI=1S/C22H26N6O4/c1-2-4-19(21-24-26-27-25-21)32-15-6-7-17-14(11-15)8-9-28-18(17)12-20(23-22(28)29)31-13-16-5-3-10-30-16/h6-7,11-12,16,19H,2-5,8-10,13H2,1H3,(H,24,25,26,27). The van der Waals surface area contributed by atoms with Crippen molar-refractivity contribution < 1.29 is 14.2 Å². The van der Waals surface area contributed by atoms with Crippen molar-refractivity contribution >= 4 is 0 Å². The number of aromatic amines is 1. The molecule has 1 aromatic carbocycles. The lowest BCUT2D eigenvalue weighted by Gasteiger charge is -2.23. The van der Waals surface area contributed by atoms with Crippen LogP contribution in [-0.2, 0) is 17.7 Å². The monoisotopic (exact) mass is 438 g/mol. The number of nitrogens with zero attached hydrogens (tertiary/aromatic N) is 5. The molecule has 0 saturated carbocycles. The van der Waals surface area contributed by atoms with Gasteiger partial charge in [-0.1, -0.05) is 13.3 Å². The van der Waals surface area contributed by atoms with Gasteiger partial charge in [-0.25, -0.2) is 9.89 Å². The Balaban J connectivity index is 1.39. The van der Waals surface area contributed by atoms with Crippen LogP contribution in [0, 0.1) is 0 Å². The summed E-state index contributed by atoms with van der Waals surface area (Å²) in [5.74, 6) is 1.70. The maximum absolute atomic E-state index is 12.6. The summed E-state index contributed by atoms with van der Waals surface area (Å²) in [6.07, 6.45) is 4.29. The normalized spacial score (nSPS) is 18.1. The van der Waals surface area contributed by atoms with Gasteiger partial charge in [0.25, 0.3) is 0 Å². The number of aryl methyl sites for hydroxylation is 1. The maximum atomic E-state index is 12.6. The van der Waals surface area contributed by atoms with Crippen LogP contribution in [0.2, 0.25) is 0 Å². The minimum Gasteiger partial charge on any atom is -0.482 e. The Morgan fingerprint density at radius 2 is 2.28 bits per heavy atom. The molecule has 2 unspecified atom stereocenters. The number of H-pyrrole nitrogens is 1. The molecule has 2 aromatic heterocycles. The molecule has 2 aliphatic rings. The smallest absolute Gasteiger partial charge is 0.351 e. The second-order valence-corrected chi connectivity index (χ2v) is 8.11. The fraction of sp³-hybridized carbons (Fsp3) is 0.500. The minimum absolute atomic E-state index is 0.0678. The zero-order chi connectivity index (χ0) is 21.9. The molecule has 1 fully saturated rings. The lowest BCUT2D eigenvalue weighted by atomic mass is 9.97. The zero-order valence-corrected chi connectivity index (χ0v) is 18.0. The molecule has 168 valence electrons. The van der Waals surface area contributed by atoms with Crippen molar-refractivity contribution in [3.63, 3.8) is 0 Å². The molecule has 2 atom stereocenters. The Morgan fingerprint density at radius 3 is 3.06 bits per heavy atom. The van der Waals surface area contributed by atoms with Crippen molar-refractivity contribution in [2.75, 3.05) is 13.2 Å². The highest BCUT2D eigenvalue weighted by molar-refractivity contribution is 5.67. The average Bonchev–Trinajstić information content (AvgIpc) is 3.51. The van der Waals surface area contributed by atoms with Gasteiger partial charge < -0.3 is 14.2 Å². The molecule has 10 heteroatoms. The van der Waals surface area contributed by atoms with Crippen LogP contribution in [0.1, 0.15) is 50.1 Å². The van der Waals surface area contributed by atoms with Gasteiger partial charge in [0, 0.05) is 24.8 Å². The van der Waals surface area contributed by atoms with E-state index in [2.05, 4.69) is 32.5 Å². The van der Waals surface area contributed by atoms with Crippen LogP contribution in [0.4, 0.5) is 0 Å². The molecule has 3 aromatic rings. The van der Waals surface area contributed by atoms with Gasteiger partial charge in [-0.05, 0) is 59.9 Å². The highest BCUT2D eigenvalue weighted by Crippen LogP contribution is 2.34. The quantitative estimate of drug-likeness (QED) is 0.570. The number of rotatable bonds is 8. The topological polar surface area (TPSA) is 117 Å². The van der Waals surface area contributed by atoms with Crippen LogP contribution in [0.5, 0.6) is 11.6 Å². The van der Waals surface area contributed by atoms with E-state index in [-0.39, 0.29) is 17.9 Å². The second-order valence-electron chi connectivity index (χ2n) is 8.11. The third-order valence-electron chi connectivity index (χ3n) is 5.88. The zero-order valence-electron chi connectivity index (χ0n) is 18.0. The third-order valence-corrected chi connectivity index (χ3v) is 5.88. The van der Waals surface area contributed by atoms with Gasteiger partial charge in [-0.15, -0.1) is 5.10 Å². The summed E-state index contributed by atoms with van der Waals surface area (Å²) < 4.78 is 19.3. The van der Waals surface area contributed by atoms with Gasteiger partial charge in [0.05, 0.1) is 11.8 Å². The molecule has 0 radical (unpaired) electrons. The third kappa shape index (κ3) is 4.22. The molecule has 32 heavy (non-hydrogen) atoms. The van der Waals surface area contributed by atoms with Crippen LogP contribution in [0.25, 0.3) is 11.3 Å². The SMILES string of the molecule is CCCC(Oc1ccc2c(c1)CCn1c-2cc(OCC2CCCO2)nc1=O)c1nnn[nH]1. The molecule has 1 saturated heterocycles. The molecular weight excluding hydrogens is 412 g/mol. The Bertz CT molecular complexity index is 1120. The van der Waals surface area contributed by atoms with Crippen LogP contribution in [-0.4, -0.2) is 49.5 Å². The Labute approximate surface area is 184 Å². The number of ether oxygens (including phenoxy) is 3. The summed E-state index contributed by atoms with van der Waals surface area (Å²) in [6.45, 7) is 3.82. The molecular formula is C22H26N6O4. The summed E-state index contributed by atoms with van der Waals surface area (Å²) in [6, 6.07) is 7.78. The second kappa shape index (κ2) is 9.07. The number of fused-ring (bicyclic) bond motifs is 3. The van der Waals surface area contributed by atoms with E-state index in [9.17, 15) is 4.79 Å². The molecule has 2 aliphatic heterocycles. The summed E-state index contributed by atoms with van der Waals surface area (Å²) in [7, 11) is 0. The van der Waals surface area contributed by atoms with E-state index in [4.69, 9.17) is 14.2 Å². The Morgan fingerprint density at radius 1 is 1.34 bits per heavy atom. The summed E-state index contributed by atoms with van der Waals surface area (Å²) in [5.41, 5.74) is 2.61. The van der Waals surface area contributed by atoms with Crippen LogP contribution >= 0.6 is 0 Å². The maximum Gasteiger partial charge on any atom is 0.351 e. The fourth-order valence-corrected chi connectivity index (χ4v) is 4.27. The molecule has 0 amide bonds. The van der Waals surface area contributed by atoms with Gasteiger partial charge in [-0.2, -0.15) is 4.98 Å². The molecule has 1 N–H and O–H groups in total. The van der Waals surface area contributed by atoms with Gasteiger partial charge in [0.2, 0.25) is 5.88 Å². The summed E-state index contributed by atoms with van der Waals surface area (Å²) in [4.78, 5) is 16.7. The van der Waals surface area contributed by atoms with Crippen LogP contribution < -0.4 is 15.2 Å². The highest BCUT2D eigenvalue weighted by atomic mass is 16.5. The van der Waals surface area contributed by atoms with E-state index >= 15 is 0 Å². The highest BCUT2D eigenvalue weighted by Gasteiger charge is 2.22. The first-order chi connectivity index (χ1) is 15.7. The van der Waals surface area contributed by atoms with Gasteiger partial charge in [0.1, 0.15) is 12.4 Å². The predicted molar refractivity (Wildman–Crippen MR) is 115 cm³/mol. The molecule has 0 bridgehead atoms. The number of benzene rings is 1. The lowest BCUT2D eigenvalue weighted by molar-refractivity contribution is 0.0661. The number of aromatic nitrogens is 6. The van der Waals surface area contributed by atoms with Crippen LogP contribution in [0.3, 0.4) is 0 Å². The first kappa shape index (κ1) is 20.6. The van der Waals surface area contributed by atoms with Crippen molar-refractivity contribution in [1.82, 2.24) is 30.2 Å². The molecule has 0 aliphatic carbocycles. The molecule has 4 heterocycles. The summed E-state index contributed by atoms with van der Waals surface area (Å²) >= 11 is 0. The predicted octanol–water partition coefficient (Wildman–Crippen LogP) is 2.46. The first-order valence-corrected chi connectivity index (χ1v) is 11.1. The minimum atomic E-state index is -0.295. The van der Waals surface area contributed by atoms with Crippen LogP contribution in [0.15, 0.2) is 29.1 Å².